The molecule has 1 aromatic carbocycles. The van der Waals surface area contributed by atoms with E-state index < -0.39 is 15.9 Å². The lowest BCUT2D eigenvalue weighted by Crippen LogP contribution is -2.48. The number of thiophene rings is 1. The Bertz CT molecular complexity index is 1310. The Morgan fingerprint density at radius 2 is 2.09 bits per heavy atom. The van der Waals surface area contributed by atoms with Crippen LogP contribution in [0.4, 0.5) is 5.13 Å². The first-order chi connectivity index (χ1) is 16.3. The Balaban J connectivity index is 1.41. The number of nitrogens with zero attached hydrogens (tertiary/aromatic N) is 3. The van der Waals surface area contributed by atoms with Crippen LogP contribution in [-0.2, 0) is 19.6 Å². The summed E-state index contributed by atoms with van der Waals surface area (Å²) in [6.07, 6.45) is 3.08. The average Bonchev–Trinajstić information content (AvgIpc) is 3.58. The van der Waals surface area contributed by atoms with Gasteiger partial charge in [-0.2, -0.15) is 4.31 Å². The molecule has 2 atom stereocenters. The van der Waals surface area contributed by atoms with Gasteiger partial charge in [-0.25, -0.2) is 13.4 Å². The molecule has 182 valence electrons. The van der Waals surface area contributed by atoms with Crippen LogP contribution in [0.1, 0.15) is 25.7 Å². The molecule has 34 heavy (non-hydrogen) atoms. The number of benzene rings is 1. The van der Waals surface area contributed by atoms with Crippen LogP contribution >= 0.6 is 50.2 Å². The molecule has 12 heteroatoms. The van der Waals surface area contributed by atoms with Gasteiger partial charge in [0.2, 0.25) is 5.91 Å². The van der Waals surface area contributed by atoms with E-state index in [1.165, 1.54) is 21.7 Å². The van der Waals surface area contributed by atoms with Crippen molar-refractivity contribution in [2.45, 2.75) is 36.0 Å². The summed E-state index contributed by atoms with van der Waals surface area (Å²) in [5.41, 5.74) is 0.829. The fourth-order valence-electron chi connectivity index (χ4n) is 4.40. The molecule has 0 saturated carbocycles. The molecule has 0 bridgehead atoms. The van der Waals surface area contributed by atoms with E-state index in [-0.39, 0.29) is 22.8 Å². The van der Waals surface area contributed by atoms with Crippen molar-refractivity contribution in [2.24, 2.45) is 5.92 Å². The fourth-order valence-corrected chi connectivity index (χ4v) is 9.10. The second-order valence-electron chi connectivity index (χ2n) is 8.45. The molecular weight excluding hydrogens is 582 g/mol. The van der Waals surface area contributed by atoms with Gasteiger partial charge in [-0.3, -0.25) is 9.69 Å². The summed E-state index contributed by atoms with van der Waals surface area (Å²) in [6.45, 7) is 1.65. The van der Waals surface area contributed by atoms with Crippen molar-refractivity contribution in [3.63, 3.8) is 0 Å². The predicted octanol–water partition coefficient (Wildman–Crippen LogP) is 5.39. The third-order valence-electron chi connectivity index (χ3n) is 6.12. The van der Waals surface area contributed by atoms with Gasteiger partial charge in [0.15, 0.2) is 5.13 Å². The minimum absolute atomic E-state index is 0.0422. The minimum Gasteiger partial charge on any atom is -0.376 e. The van der Waals surface area contributed by atoms with E-state index in [1.54, 1.807) is 11.0 Å². The van der Waals surface area contributed by atoms with Crippen molar-refractivity contribution in [3.05, 3.63) is 39.1 Å². The summed E-state index contributed by atoms with van der Waals surface area (Å²) in [6, 6.07) is 8.96. The van der Waals surface area contributed by atoms with Crippen molar-refractivity contribution < 1.29 is 17.9 Å². The second kappa shape index (κ2) is 10.1. The van der Waals surface area contributed by atoms with Gasteiger partial charge in [-0.15, -0.1) is 11.3 Å². The fraction of sp³-hybridized carbons (Fsp3) is 0.455. The summed E-state index contributed by atoms with van der Waals surface area (Å²) in [5, 5.41) is 0.624. The Labute approximate surface area is 219 Å². The van der Waals surface area contributed by atoms with Crippen molar-refractivity contribution >= 4 is 81.5 Å². The summed E-state index contributed by atoms with van der Waals surface area (Å²) in [5.74, 6) is -0.545. The molecule has 2 unspecified atom stereocenters. The van der Waals surface area contributed by atoms with Crippen molar-refractivity contribution in [1.29, 1.82) is 0 Å². The summed E-state index contributed by atoms with van der Waals surface area (Å²) >= 11 is 12.0. The van der Waals surface area contributed by atoms with Gasteiger partial charge < -0.3 is 4.74 Å². The molecule has 2 fully saturated rings. The number of hydrogen-bond donors (Lipinski definition) is 0. The highest BCUT2D eigenvalue weighted by atomic mass is 79.9. The second-order valence-corrected chi connectivity index (χ2v) is 14.3. The molecule has 2 aliphatic rings. The van der Waals surface area contributed by atoms with Gasteiger partial charge in [-0.1, -0.05) is 38.9 Å². The predicted molar refractivity (Wildman–Crippen MR) is 139 cm³/mol. The highest BCUT2D eigenvalue weighted by Crippen LogP contribution is 2.35. The molecule has 4 heterocycles. The first-order valence-electron chi connectivity index (χ1n) is 11.1. The van der Waals surface area contributed by atoms with Crippen molar-refractivity contribution in [2.75, 3.05) is 31.1 Å². The molecule has 2 aromatic heterocycles. The van der Waals surface area contributed by atoms with Crippen molar-refractivity contribution in [1.82, 2.24) is 9.29 Å². The van der Waals surface area contributed by atoms with E-state index in [4.69, 9.17) is 21.3 Å². The number of piperidine rings is 1. The zero-order chi connectivity index (χ0) is 23.9. The van der Waals surface area contributed by atoms with Crippen LogP contribution in [0.5, 0.6) is 0 Å². The Morgan fingerprint density at radius 1 is 1.24 bits per heavy atom. The Morgan fingerprint density at radius 3 is 2.82 bits per heavy atom. The largest absolute Gasteiger partial charge is 0.376 e. The number of sulfonamides is 1. The average molecular weight is 605 g/mol. The van der Waals surface area contributed by atoms with E-state index in [9.17, 15) is 13.2 Å². The molecule has 0 radical (unpaired) electrons. The van der Waals surface area contributed by atoms with Gasteiger partial charge in [0, 0.05) is 24.2 Å². The zero-order valence-electron chi connectivity index (χ0n) is 18.2. The van der Waals surface area contributed by atoms with Gasteiger partial charge in [0.25, 0.3) is 10.0 Å². The molecule has 2 aliphatic heterocycles. The highest BCUT2D eigenvalue weighted by Gasteiger charge is 2.37. The van der Waals surface area contributed by atoms with Crippen LogP contribution in [0.15, 0.2) is 39.0 Å². The molecule has 2 saturated heterocycles. The minimum atomic E-state index is -3.69. The SMILES string of the molecule is O=C(C1CCCN(S(=O)(=O)c2ccc(Cl)s2)C1)N(CC1CCCO1)c1nc2ccc(Br)cc2s1. The number of carbonyl (C=O) groups excluding carboxylic acids is 1. The van der Waals surface area contributed by atoms with Crippen LogP contribution in [0.25, 0.3) is 10.2 Å². The highest BCUT2D eigenvalue weighted by molar-refractivity contribution is 9.10. The lowest BCUT2D eigenvalue weighted by atomic mass is 9.98. The number of halogens is 2. The number of rotatable bonds is 6. The third kappa shape index (κ3) is 5.07. The third-order valence-corrected chi connectivity index (χ3v) is 11.2. The maximum Gasteiger partial charge on any atom is 0.252 e. The van der Waals surface area contributed by atoms with Crippen molar-refractivity contribution in [3.8, 4) is 0 Å². The summed E-state index contributed by atoms with van der Waals surface area (Å²) < 4.78 is 36.1. The lowest BCUT2D eigenvalue weighted by molar-refractivity contribution is -0.123. The molecule has 0 spiro atoms. The first-order valence-corrected chi connectivity index (χ1v) is 15.3. The Kier molecular flexibility index (Phi) is 7.32. The molecule has 3 aromatic rings. The molecule has 0 aliphatic carbocycles. The summed E-state index contributed by atoms with van der Waals surface area (Å²) in [4.78, 5) is 20.3. The van der Waals surface area contributed by atoms with Crippen LogP contribution in [-0.4, -0.2) is 56.0 Å². The van der Waals surface area contributed by atoms with Gasteiger partial charge >= 0.3 is 0 Å². The number of fused-ring (bicyclic) bond motifs is 1. The quantitative estimate of drug-likeness (QED) is 0.377. The maximum atomic E-state index is 13.8. The number of thiazole rings is 1. The van der Waals surface area contributed by atoms with E-state index in [0.717, 1.165) is 38.9 Å². The van der Waals surface area contributed by atoms with Crippen LogP contribution in [0.3, 0.4) is 0 Å². The Hall–Kier alpha value is -1.08. The van der Waals surface area contributed by atoms with E-state index in [2.05, 4.69) is 15.9 Å². The number of hydrogen-bond acceptors (Lipinski definition) is 7. The molecule has 0 N–H and O–H groups in total. The van der Waals surface area contributed by atoms with E-state index in [1.807, 2.05) is 18.2 Å². The number of amides is 1. The van der Waals surface area contributed by atoms with E-state index in [0.29, 0.717) is 42.0 Å². The molecule has 1 amide bonds. The monoisotopic (exact) mass is 603 g/mol. The normalized spacial score (nSPS) is 21.8. The lowest BCUT2D eigenvalue weighted by Gasteiger charge is -2.34. The van der Waals surface area contributed by atoms with Gasteiger partial charge in [-0.05, 0) is 56.0 Å². The standard InChI is InChI=1S/C22H23BrClN3O4S3/c23-15-5-6-17-18(11-15)32-22(25-17)27(13-16-4-2-10-31-16)21(28)14-3-1-9-26(12-14)34(29,30)20-8-7-19(24)33-20/h5-8,11,14,16H,1-4,9-10,12-13H2. The first kappa shape index (κ1) is 24.6. The number of ether oxygens (including phenoxy) is 1. The van der Waals surface area contributed by atoms with Crippen LogP contribution in [0.2, 0.25) is 4.34 Å². The van der Waals surface area contributed by atoms with Gasteiger partial charge in [0.05, 0.1) is 33.1 Å². The van der Waals surface area contributed by atoms with Crippen LogP contribution < -0.4 is 4.90 Å². The van der Waals surface area contributed by atoms with E-state index >= 15 is 0 Å². The van der Waals surface area contributed by atoms with Gasteiger partial charge in [0.1, 0.15) is 4.21 Å². The number of carbonyl (C=O) groups is 1. The van der Waals surface area contributed by atoms with Crippen LogP contribution in [0, 0.1) is 5.92 Å². The molecular formula is C22H23BrClN3O4S3. The molecule has 7 nitrogen and oxygen atoms in total. The molecule has 5 rings (SSSR count). The zero-order valence-corrected chi connectivity index (χ0v) is 22.9. The maximum absolute atomic E-state index is 13.8. The smallest absolute Gasteiger partial charge is 0.252 e. The number of aromatic nitrogens is 1. The number of anilines is 1. The summed E-state index contributed by atoms with van der Waals surface area (Å²) in [7, 11) is -3.69. The topological polar surface area (TPSA) is 79.8 Å².